The number of urea groups is 1. The van der Waals surface area contributed by atoms with Crippen LogP contribution in [-0.2, 0) is 0 Å². The highest BCUT2D eigenvalue weighted by atomic mass is 16.2. The quantitative estimate of drug-likeness (QED) is 0.679. The standard InChI is InChI=1S/C11H24N2O/c1-5-9(3)7-12-11(14)13-8-10(4)6-2/h9-10H,5-8H2,1-4H3,(H2,12,13,14). The Balaban J connectivity index is 3.46. The van der Waals surface area contributed by atoms with Gasteiger partial charge in [0.25, 0.3) is 0 Å². The second-order valence-corrected chi connectivity index (χ2v) is 4.12. The summed E-state index contributed by atoms with van der Waals surface area (Å²) >= 11 is 0. The summed E-state index contributed by atoms with van der Waals surface area (Å²) < 4.78 is 0. The van der Waals surface area contributed by atoms with Crippen molar-refractivity contribution in [2.45, 2.75) is 40.5 Å². The molecule has 3 heteroatoms. The largest absolute Gasteiger partial charge is 0.338 e. The minimum Gasteiger partial charge on any atom is -0.338 e. The summed E-state index contributed by atoms with van der Waals surface area (Å²) in [5.41, 5.74) is 0. The maximum absolute atomic E-state index is 11.3. The Bertz CT molecular complexity index is 143. The fourth-order valence-corrected chi connectivity index (χ4v) is 0.885. The van der Waals surface area contributed by atoms with E-state index < -0.39 is 0 Å². The van der Waals surface area contributed by atoms with E-state index in [0.717, 1.165) is 25.9 Å². The van der Waals surface area contributed by atoms with Crippen molar-refractivity contribution in [1.82, 2.24) is 10.6 Å². The van der Waals surface area contributed by atoms with Crippen molar-refractivity contribution in [3.8, 4) is 0 Å². The lowest BCUT2D eigenvalue weighted by molar-refractivity contribution is 0.237. The van der Waals surface area contributed by atoms with Gasteiger partial charge in [-0.25, -0.2) is 4.79 Å². The Hall–Kier alpha value is -0.730. The van der Waals surface area contributed by atoms with E-state index in [-0.39, 0.29) is 6.03 Å². The summed E-state index contributed by atoms with van der Waals surface area (Å²) in [5, 5.41) is 5.73. The highest BCUT2D eigenvalue weighted by molar-refractivity contribution is 5.73. The summed E-state index contributed by atoms with van der Waals surface area (Å²) in [6.07, 6.45) is 2.21. The molecule has 2 amide bonds. The predicted octanol–water partition coefficient (Wildman–Crippen LogP) is 2.38. The number of rotatable bonds is 6. The zero-order valence-corrected chi connectivity index (χ0v) is 9.89. The molecule has 0 aliphatic carbocycles. The van der Waals surface area contributed by atoms with Gasteiger partial charge in [-0.3, -0.25) is 0 Å². The molecule has 0 saturated heterocycles. The molecule has 0 spiro atoms. The van der Waals surface area contributed by atoms with Crippen LogP contribution in [-0.4, -0.2) is 19.1 Å². The minimum atomic E-state index is -0.0365. The topological polar surface area (TPSA) is 41.1 Å². The average molecular weight is 200 g/mol. The van der Waals surface area contributed by atoms with Crippen LogP contribution in [0, 0.1) is 11.8 Å². The van der Waals surface area contributed by atoms with E-state index in [2.05, 4.69) is 38.3 Å². The molecule has 0 aliphatic heterocycles. The molecule has 0 aliphatic rings. The van der Waals surface area contributed by atoms with Crippen LogP contribution in [0.1, 0.15) is 40.5 Å². The molecule has 84 valence electrons. The van der Waals surface area contributed by atoms with E-state index >= 15 is 0 Å². The fourth-order valence-electron chi connectivity index (χ4n) is 0.885. The molecule has 0 aromatic heterocycles. The Morgan fingerprint density at radius 3 is 1.64 bits per heavy atom. The molecular weight excluding hydrogens is 176 g/mol. The summed E-state index contributed by atoms with van der Waals surface area (Å²) in [4.78, 5) is 11.3. The van der Waals surface area contributed by atoms with Crippen LogP contribution in [0.2, 0.25) is 0 Å². The van der Waals surface area contributed by atoms with Gasteiger partial charge in [0.2, 0.25) is 0 Å². The Kier molecular flexibility index (Phi) is 7.25. The fraction of sp³-hybridized carbons (Fsp3) is 0.909. The van der Waals surface area contributed by atoms with E-state index in [0.29, 0.717) is 11.8 Å². The van der Waals surface area contributed by atoms with Crippen LogP contribution in [0.15, 0.2) is 0 Å². The van der Waals surface area contributed by atoms with Crippen LogP contribution in [0.4, 0.5) is 4.79 Å². The van der Waals surface area contributed by atoms with Crippen molar-refractivity contribution in [2.24, 2.45) is 11.8 Å². The molecule has 2 atom stereocenters. The number of nitrogens with one attached hydrogen (secondary N) is 2. The molecule has 14 heavy (non-hydrogen) atoms. The number of carbonyl (C=O) groups is 1. The van der Waals surface area contributed by atoms with Gasteiger partial charge >= 0.3 is 6.03 Å². The number of hydrogen-bond donors (Lipinski definition) is 2. The van der Waals surface area contributed by atoms with Crippen LogP contribution < -0.4 is 10.6 Å². The molecule has 3 nitrogen and oxygen atoms in total. The first-order valence-electron chi connectivity index (χ1n) is 5.61. The van der Waals surface area contributed by atoms with Gasteiger partial charge in [-0.2, -0.15) is 0 Å². The molecule has 2 unspecified atom stereocenters. The molecule has 0 bridgehead atoms. The lowest BCUT2D eigenvalue weighted by Crippen LogP contribution is -2.39. The minimum absolute atomic E-state index is 0.0365. The average Bonchev–Trinajstić information content (AvgIpc) is 2.22. The molecule has 0 heterocycles. The third kappa shape index (κ3) is 6.75. The van der Waals surface area contributed by atoms with Gasteiger partial charge in [-0.05, 0) is 11.8 Å². The van der Waals surface area contributed by atoms with Crippen LogP contribution >= 0.6 is 0 Å². The van der Waals surface area contributed by atoms with Crippen LogP contribution in [0.25, 0.3) is 0 Å². The molecule has 0 radical (unpaired) electrons. The first-order chi connectivity index (χ1) is 6.60. The second-order valence-electron chi connectivity index (χ2n) is 4.12. The smallest absolute Gasteiger partial charge is 0.314 e. The van der Waals surface area contributed by atoms with Gasteiger partial charge < -0.3 is 10.6 Å². The van der Waals surface area contributed by atoms with E-state index in [4.69, 9.17) is 0 Å². The molecule has 2 N–H and O–H groups in total. The third-order valence-electron chi connectivity index (χ3n) is 2.62. The van der Waals surface area contributed by atoms with Crippen molar-refractivity contribution in [1.29, 1.82) is 0 Å². The summed E-state index contributed by atoms with van der Waals surface area (Å²) in [5.74, 6) is 1.12. The first kappa shape index (κ1) is 13.3. The number of amides is 2. The Morgan fingerprint density at radius 1 is 1.00 bits per heavy atom. The molecule has 0 fully saturated rings. The molecular formula is C11H24N2O. The summed E-state index contributed by atoms with van der Waals surface area (Å²) in [7, 11) is 0. The number of carbonyl (C=O) groups excluding carboxylic acids is 1. The first-order valence-corrected chi connectivity index (χ1v) is 5.61. The Labute approximate surface area is 87.6 Å². The van der Waals surface area contributed by atoms with Crippen molar-refractivity contribution < 1.29 is 4.79 Å². The second kappa shape index (κ2) is 7.65. The Morgan fingerprint density at radius 2 is 1.36 bits per heavy atom. The normalized spacial score (nSPS) is 14.6. The predicted molar refractivity (Wildman–Crippen MR) is 60.3 cm³/mol. The van der Waals surface area contributed by atoms with Crippen molar-refractivity contribution in [2.75, 3.05) is 13.1 Å². The van der Waals surface area contributed by atoms with E-state index in [1.54, 1.807) is 0 Å². The highest BCUT2D eigenvalue weighted by Gasteiger charge is 2.04. The lowest BCUT2D eigenvalue weighted by Gasteiger charge is -2.13. The molecule has 0 aromatic carbocycles. The van der Waals surface area contributed by atoms with Crippen molar-refractivity contribution in [3.05, 3.63) is 0 Å². The van der Waals surface area contributed by atoms with Gasteiger partial charge in [0.1, 0.15) is 0 Å². The zero-order valence-electron chi connectivity index (χ0n) is 9.89. The van der Waals surface area contributed by atoms with E-state index in [9.17, 15) is 4.79 Å². The van der Waals surface area contributed by atoms with Gasteiger partial charge in [-0.15, -0.1) is 0 Å². The zero-order chi connectivity index (χ0) is 11.0. The summed E-state index contributed by atoms with van der Waals surface area (Å²) in [6.45, 7) is 10.1. The van der Waals surface area contributed by atoms with Crippen LogP contribution in [0.3, 0.4) is 0 Å². The maximum atomic E-state index is 11.3. The van der Waals surface area contributed by atoms with Gasteiger partial charge in [0.15, 0.2) is 0 Å². The number of hydrogen-bond acceptors (Lipinski definition) is 1. The van der Waals surface area contributed by atoms with Crippen LogP contribution in [0.5, 0.6) is 0 Å². The van der Waals surface area contributed by atoms with E-state index in [1.165, 1.54) is 0 Å². The summed E-state index contributed by atoms with van der Waals surface area (Å²) in [6, 6.07) is -0.0365. The maximum Gasteiger partial charge on any atom is 0.314 e. The van der Waals surface area contributed by atoms with Crippen molar-refractivity contribution in [3.63, 3.8) is 0 Å². The SMILES string of the molecule is CCC(C)CNC(=O)NCC(C)CC. The molecule has 0 aromatic rings. The lowest BCUT2D eigenvalue weighted by atomic mass is 10.1. The van der Waals surface area contributed by atoms with Crippen molar-refractivity contribution >= 4 is 6.03 Å². The third-order valence-corrected chi connectivity index (χ3v) is 2.62. The monoisotopic (exact) mass is 200 g/mol. The highest BCUT2D eigenvalue weighted by Crippen LogP contribution is 1.98. The van der Waals surface area contributed by atoms with E-state index in [1.807, 2.05) is 0 Å². The van der Waals surface area contributed by atoms with Gasteiger partial charge in [0, 0.05) is 13.1 Å². The van der Waals surface area contributed by atoms with Gasteiger partial charge in [0.05, 0.1) is 0 Å². The molecule has 0 saturated carbocycles. The van der Waals surface area contributed by atoms with Gasteiger partial charge in [-0.1, -0.05) is 40.5 Å². The molecule has 0 rings (SSSR count).